The second-order valence-electron chi connectivity index (χ2n) is 5.77. The van der Waals surface area contributed by atoms with Gasteiger partial charge in [-0.1, -0.05) is 25.5 Å². The molecule has 0 radical (unpaired) electrons. The third-order valence-electron chi connectivity index (χ3n) is 4.17. The van der Waals surface area contributed by atoms with Gasteiger partial charge < -0.3 is 9.84 Å². The summed E-state index contributed by atoms with van der Waals surface area (Å²) in [6.07, 6.45) is 7.03. The van der Waals surface area contributed by atoms with Crippen molar-refractivity contribution in [1.82, 2.24) is 0 Å². The van der Waals surface area contributed by atoms with Crippen LogP contribution in [0.3, 0.4) is 0 Å². The van der Waals surface area contributed by atoms with E-state index in [-0.39, 0.29) is 0 Å². The minimum atomic E-state index is 0.354. The minimum absolute atomic E-state index is 0.354. The summed E-state index contributed by atoms with van der Waals surface area (Å²) in [5.41, 5.74) is 1.39. The molecular weight excluding hydrogens is 236 g/mol. The fourth-order valence-electron chi connectivity index (χ4n) is 2.84. The van der Waals surface area contributed by atoms with Gasteiger partial charge in [-0.05, 0) is 61.6 Å². The van der Waals surface area contributed by atoms with E-state index in [9.17, 15) is 0 Å². The highest BCUT2D eigenvalue weighted by Gasteiger charge is 2.20. The van der Waals surface area contributed by atoms with Gasteiger partial charge in [0.05, 0.1) is 6.61 Å². The van der Waals surface area contributed by atoms with Gasteiger partial charge in [0.15, 0.2) is 0 Å². The number of aliphatic hydroxyl groups excluding tert-OH is 1. The summed E-state index contributed by atoms with van der Waals surface area (Å²) in [5, 5.41) is 9.12. The Hall–Kier alpha value is -1.02. The number of hydrogen-bond donors (Lipinski definition) is 1. The molecule has 0 aromatic heterocycles. The van der Waals surface area contributed by atoms with Gasteiger partial charge in [0.25, 0.3) is 0 Å². The second-order valence-corrected chi connectivity index (χ2v) is 5.77. The summed E-state index contributed by atoms with van der Waals surface area (Å²) in [6, 6.07) is 8.51. The summed E-state index contributed by atoms with van der Waals surface area (Å²) in [6.45, 7) is 3.38. The highest BCUT2D eigenvalue weighted by molar-refractivity contribution is 5.27. The van der Waals surface area contributed by atoms with Crippen molar-refractivity contribution in [2.45, 2.75) is 45.4 Å². The van der Waals surface area contributed by atoms with Crippen LogP contribution in [0.5, 0.6) is 5.75 Å². The zero-order chi connectivity index (χ0) is 13.5. The molecule has 1 aliphatic carbocycles. The van der Waals surface area contributed by atoms with Crippen LogP contribution in [0.15, 0.2) is 24.3 Å². The number of hydrogen-bond acceptors (Lipinski definition) is 2. The molecule has 0 unspecified atom stereocenters. The smallest absolute Gasteiger partial charge is 0.119 e. The highest BCUT2D eigenvalue weighted by Crippen LogP contribution is 2.29. The number of rotatable bonds is 6. The average molecular weight is 262 g/mol. The van der Waals surface area contributed by atoms with Crippen molar-refractivity contribution in [2.24, 2.45) is 11.8 Å². The molecular formula is C17H26O2. The molecule has 0 bridgehead atoms. The van der Waals surface area contributed by atoms with Crippen LogP contribution < -0.4 is 4.74 Å². The van der Waals surface area contributed by atoms with Gasteiger partial charge in [0, 0.05) is 6.61 Å². The van der Waals surface area contributed by atoms with Crippen molar-refractivity contribution >= 4 is 0 Å². The zero-order valence-electron chi connectivity index (χ0n) is 12.0. The van der Waals surface area contributed by atoms with Crippen LogP contribution in [0.2, 0.25) is 0 Å². The van der Waals surface area contributed by atoms with E-state index in [0.29, 0.717) is 18.4 Å². The van der Waals surface area contributed by atoms with Crippen LogP contribution in [-0.4, -0.2) is 18.3 Å². The van der Waals surface area contributed by atoms with Crippen LogP contribution in [0, 0.1) is 11.8 Å². The van der Waals surface area contributed by atoms with Crippen molar-refractivity contribution in [3.8, 4) is 5.75 Å². The molecule has 0 spiro atoms. The maximum atomic E-state index is 9.12. The lowest BCUT2D eigenvalue weighted by Crippen LogP contribution is -2.21. The van der Waals surface area contributed by atoms with Gasteiger partial charge in [-0.3, -0.25) is 0 Å². The number of aryl methyl sites for hydroxylation is 1. The quantitative estimate of drug-likeness (QED) is 0.844. The summed E-state index contributed by atoms with van der Waals surface area (Å²) in [4.78, 5) is 0. The Bertz CT molecular complexity index is 350. The normalized spacial score (nSPS) is 23.3. The number of ether oxygens (including phenoxy) is 1. The van der Waals surface area contributed by atoms with Crippen LogP contribution in [-0.2, 0) is 6.42 Å². The maximum absolute atomic E-state index is 9.12. The second kappa shape index (κ2) is 7.54. The minimum Gasteiger partial charge on any atom is -0.493 e. The highest BCUT2D eigenvalue weighted by atomic mass is 16.5. The Balaban J connectivity index is 1.73. The lowest BCUT2D eigenvalue weighted by atomic mass is 9.83. The van der Waals surface area contributed by atoms with E-state index >= 15 is 0 Å². The van der Waals surface area contributed by atoms with E-state index in [4.69, 9.17) is 9.84 Å². The average Bonchev–Trinajstić information content (AvgIpc) is 2.47. The van der Waals surface area contributed by atoms with Crippen LogP contribution in [0.25, 0.3) is 0 Å². The molecule has 2 nitrogen and oxygen atoms in total. The van der Waals surface area contributed by atoms with E-state index in [1.54, 1.807) is 0 Å². The molecule has 1 fully saturated rings. The lowest BCUT2D eigenvalue weighted by molar-refractivity contribution is 0.139. The van der Waals surface area contributed by atoms with Crippen molar-refractivity contribution in [2.75, 3.05) is 13.2 Å². The van der Waals surface area contributed by atoms with Crippen LogP contribution in [0.4, 0.5) is 0 Å². The molecule has 2 heteroatoms. The van der Waals surface area contributed by atoms with Crippen molar-refractivity contribution in [3.05, 3.63) is 29.8 Å². The molecule has 0 atom stereocenters. The molecule has 0 saturated heterocycles. The monoisotopic (exact) mass is 262 g/mol. The third-order valence-corrected chi connectivity index (χ3v) is 4.17. The summed E-state index contributed by atoms with van der Waals surface area (Å²) in [5.74, 6) is 2.19. The molecule has 1 aliphatic rings. The predicted octanol–water partition coefficient (Wildman–Crippen LogP) is 3.82. The standard InChI is InChI=1S/C17H26O2/c1-2-3-14-8-10-17(11-9-14)19-13-16-6-4-15(12-18)5-7-16/h8-11,15-16,18H,2-7,12-13H2,1H3. The van der Waals surface area contributed by atoms with Crippen molar-refractivity contribution in [1.29, 1.82) is 0 Å². The van der Waals surface area contributed by atoms with E-state index in [1.165, 1.54) is 24.8 Å². The molecule has 1 aromatic rings. The van der Waals surface area contributed by atoms with Crippen LogP contribution >= 0.6 is 0 Å². The van der Waals surface area contributed by atoms with Gasteiger partial charge in [-0.2, -0.15) is 0 Å². The molecule has 19 heavy (non-hydrogen) atoms. The summed E-state index contributed by atoms with van der Waals surface area (Å²) in [7, 11) is 0. The first-order valence-electron chi connectivity index (χ1n) is 7.64. The van der Waals surface area contributed by atoms with E-state index in [2.05, 4.69) is 31.2 Å². The molecule has 0 amide bonds. The summed E-state index contributed by atoms with van der Waals surface area (Å²) >= 11 is 0. The van der Waals surface area contributed by atoms with E-state index in [1.807, 2.05) is 0 Å². The fraction of sp³-hybridized carbons (Fsp3) is 0.647. The molecule has 106 valence electrons. The lowest BCUT2D eigenvalue weighted by Gasteiger charge is -2.27. The zero-order valence-corrected chi connectivity index (χ0v) is 12.0. The Morgan fingerprint density at radius 3 is 2.26 bits per heavy atom. The fourth-order valence-corrected chi connectivity index (χ4v) is 2.84. The molecule has 0 aliphatic heterocycles. The molecule has 2 rings (SSSR count). The Kier molecular flexibility index (Phi) is 5.71. The third kappa shape index (κ3) is 4.54. The van der Waals surface area contributed by atoms with E-state index in [0.717, 1.165) is 31.6 Å². The van der Waals surface area contributed by atoms with Crippen LogP contribution in [0.1, 0.15) is 44.6 Å². The number of benzene rings is 1. The van der Waals surface area contributed by atoms with Crippen molar-refractivity contribution < 1.29 is 9.84 Å². The Labute approximate surface area is 116 Å². The first-order valence-corrected chi connectivity index (χ1v) is 7.64. The molecule has 1 aromatic carbocycles. The van der Waals surface area contributed by atoms with Gasteiger partial charge in [0.2, 0.25) is 0 Å². The molecule has 1 N–H and O–H groups in total. The first-order chi connectivity index (χ1) is 9.31. The molecule has 1 saturated carbocycles. The summed E-state index contributed by atoms with van der Waals surface area (Å²) < 4.78 is 5.88. The first kappa shape index (κ1) is 14.4. The van der Waals surface area contributed by atoms with Gasteiger partial charge in [0.1, 0.15) is 5.75 Å². The predicted molar refractivity (Wildman–Crippen MR) is 78.5 cm³/mol. The Morgan fingerprint density at radius 2 is 1.68 bits per heavy atom. The maximum Gasteiger partial charge on any atom is 0.119 e. The molecule has 0 heterocycles. The Morgan fingerprint density at radius 1 is 1.05 bits per heavy atom. The van der Waals surface area contributed by atoms with Gasteiger partial charge >= 0.3 is 0 Å². The number of aliphatic hydroxyl groups is 1. The largest absolute Gasteiger partial charge is 0.493 e. The van der Waals surface area contributed by atoms with Gasteiger partial charge in [-0.15, -0.1) is 0 Å². The van der Waals surface area contributed by atoms with Crippen molar-refractivity contribution in [3.63, 3.8) is 0 Å². The van der Waals surface area contributed by atoms with E-state index < -0.39 is 0 Å². The topological polar surface area (TPSA) is 29.5 Å². The SMILES string of the molecule is CCCc1ccc(OCC2CCC(CO)CC2)cc1. The van der Waals surface area contributed by atoms with Gasteiger partial charge in [-0.25, -0.2) is 0 Å².